The van der Waals surface area contributed by atoms with Gasteiger partial charge < -0.3 is 10.3 Å². The maximum absolute atomic E-state index is 12.6. The zero-order chi connectivity index (χ0) is 21.9. The smallest absolute Gasteiger partial charge is 0.223 e. The van der Waals surface area contributed by atoms with Crippen LogP contribution in [0.3, 0.4) is 0 Å². The van der Waals surface area contributed by atoms with Crippen molar-refractivity contribution in [3.05, 3.63) is 60.2 Å². The Morgan fingerprint density at radius 1 is 1.12 bits per heavy atom. The van der Waals surface area contributed by atoms with Gasteiger partial charge in [-0.1, -0.05) is 36.8 Å². The minimum atomic E-state index is 0.0784. The maximum atomic E-state index is 12.6. The second kappa shape index (κ2) is 9.28. The van der Waals surface area contributed by atoms with E-state index in [9.17, 15) is 4.79 Å². The van der Waals surface area contributed by atoms with Crippen LogP contribution in [0.1, 0.15) is 43.1 Å². The molecular formula is C25H32N6O. The number of pyridine rings is 1. The second-order valence-electron chi connectivity index (χ2n) is 9.02. The molecule has 0 radical (unpaired) electrons. The molecule has 0 spiro atoms. The highest BCUT2D eigenvalue weighted by molar-refractivity contribution is 5.79. The lowest BCUT2D eigenvalue weighted by atomic mass is 9.84. The Morgan fingerprint density at radius 3 is 2.62 bits per heavy atom. The molecule has 7 heteroatoms. The van der Waals surface area contributed by atoms with Gasteiger partial charge in [0, 0.05) is 44.8 Å². The second-order valence-corrected chi connectivity index (χ2v) is 9.02. The third-order valence-corrected chi connectivity index (χ3v) is 6.95. The van der Waals surface area contributed by atoms with Crippen LogP contribution in [0.15, 0.2) is 48.8 Å². The van der Waals surface area contributed by atoms with Gasteiger partial charge in [-0.2, -0.15) is 0 Å². The summed E-state index contributed by atoms with van der Waals surface area (Å²) >= 11 is 0. The lowest BCUT2D eigenvalue weighted by Crippen LogP contribution is -2.51. The van der Waals surface area contributed by atoms with E-state index in [4.69, 9.17) is 0 Å². The predicted molar refractivity (Wildman–Crippen MR) is 126 cm³/mol. The van der Waals surface area contributed by atoms with Gasteiger partial charge >= 0.3 is 0 Å². The van der Waals surface area contributed by atoms with Crippen molar-refractivity contribution in [3.8, 4) is 0 Å². The summed E-state index contributed by atoms with van der Waals surface area (Å²) in [5, 5.41) is 5.72. The summed E-state index contributed by atoms with van der Waals surface area (Å²) in [5.41, 5.74) is 3.27. The number of aryl methyl sites for hydroxylation is 1. The van der Waals surface area contributed by atoms with E-state index in [0.29, 0.717) is 0 Å². The fourth-order valence-electron chi connectivity index (χ4n) is 4.84. The van der Waals surface area contributed by atoms with E-state index in [0.717, 1.165) is 68.8 Å². The molecule has 1 amide bonds. The molecule has 1 atom stereocenters. The van der Waals surface area contributed by atoms with Crippen LogP contribution in [0.25, 0.3) is 11.0 Å². The average molecular weight is 433 g/mol. The summed E-state index contributed by atoms with van der Waals surface area (Å²) < 4.78 is 2.24. The molecule has 2 fully saturated rings. The number of aromatic nitrogens is 3. The summed E-state index contributed by atoms with van der Waals surface area (Å²) in [6, 6.07) is 12.5. The Kier molecular flexibility index (Phi) is 6.08. The van der Waals surface area contributed by atoms with Gasteiger partial charge in [0.05, 0.1) is 17.8 Å². The van der Waals surface area contributed by atoms with Crippen molar-refractivity contribution in [1.82, 2.24) is 24.9 Å². The summed E-state index contributed by atoms with van der Waals surface area (Å²) in [4.78, 5) is 24.0. The van der Waals surface area contributed by atoms with Crippen LogP contribution in [0.4, 0.5) is 0 Å². The van der Waals surface area contributed by atoms with Gasteiger partial charge in [-0.05, 0) is 37.8 Å². The molecule has 1 saturated carbocycles. The molecule has 1 unspecified atom stereocenters. The topological polar surface area (TPSA) is 66.3 Å². The van der Waals surface area contributed by atoms with E-state index in [1.807, 2.05) is 24.5 Å². The van der Waals surface area contributed by atoms with Gasteiger partial charge in [0.2, 0.25) is 5.91 Å². The number of carbonyl (C=O) groups excluding carboxylic acids is 1. The molecule has 7 nitrogen and oxygen atoms in total. The summed E-state index contributed by atoms with van der Waals surface area (Å²) in [5.74, 6) is 1.45. The van der Waals surface area contributed by atoms with Crippen molar-refractivity contribution in [2.24, 2.45) is 5.92 Å². The number of hydrogen-bond acceptors (Lipinski definition) is 5. The highest BCUT2D eigenvalue weighted by Crippen LogP contribution is 2.28. The van der Waals surface area contributed by atoms with Gasteiger partial charge in [0.15, 0.2) is 0 Å². The molecule has 1 aliphatic heterocycles. The fraction of sp³-hybridized carbons (Fsp3) is 0.480. The molecule has 1 saturated heterocycles. The number of imidazole rings is 1. The molecule has 3 aromatic rings. The number of rotatable bonds is 7. The first kappa shape index (κ1) is 20.9. The van der Waals surface area contributed by atoms with Gasteiger partial charge in [-0.25, -0.2) is 9.66 Å². The largest absolute Gasteiger partial charge is 0.349 e. The third-order valence-electron chi connectivity index (χ3n) is 6.95. The molecule has 1 aliphatic carbocycles. The van der Waals surface area contributed by atoms with Crippen LogP contribution in [-0.4, -0.2) is 58.2 Å². The van der Waals surface area contributed by atoms with Crippen LogP contribution in [0.2, 0.25) is 0 Å². The molecule has 5 rings (SSSR count). The fourth-order valence-corrected chi connectivity index (χ4v) is 4.84. The van der Waals surface area contributed by atoms with Gasteiger partial charge in [-0.3, -0.25) is 14.7 Å². The molecule has 32 heavy (non-hydrogen) atoms. The Hall–Kier alpha value is -2.93. The zero-order valence-electron chi connectivity index (χ0n) is 18.8. The Labute approximate surface area is 189 Å². The van der Waals surface area contributed by atoms with Crippen LogP contribution in [-0.2, 0) is 4.79 Å². The summed E-state index contributed by atoms with van der Waals surface area (Å²) in [6.07, 6.45) is 7.84. The van der Waals surface area contributed by atoms with Crippen molar-refractivity contribution < 1.29 is 4.79 Å². The first-order valence-corrected chi connectivity index (χ1v) is 11.8. The van der Waals surface area contributed by atoms with E-state index in [-0.39, 0.29) is 17.9 Å². The Balaban J connectivity index is 1.20. The van der Waals surface area contributed by atoms with Crippen molar-refractivity contribution in [2.75, 3.05) is 37.7 Å². The molecule has 168 valence electrons. The number of piperazine rings is 1. The average Bonchev–Trinajstić information content (AvgIpc) is 3.12. The first-order valence-electron chi connectivity index (χ1n) is 11.8. The summed E-state index contributed by atoms with van der Waals surface area (Å²) in [7, 11) is 0. The van der Waals surface area contributed by atoms with Crippen molar-refractivity contribution in [3.63, 3.8) is 0 Å². The number of amides is 1. The van der Waals surface area contributed by atoms with Crippen molar-refractivity contribution in [2.45, 2.75) is 38.6 Å². The highest BCUT2D eigenvalue weighted by atomic mass is 16.2. The maximum Gasteiger partial charge on any atom is 0.223 e. The molecule has 1 aromatic carbocycles. The molecule has 1 N–H and O–H groups in total. The molecule has 3 heterocycles. The zero-order valence-corrected chi connectivity index (χ0v) is 18.8. The lowest BCUT2D eigenvalue weighted by molar-refractivity contribution is -0.128. The van der Waals surface area contributed by atoms with E-state index >= 15 is 0 Å². The normalized spacial score (nSPS) is 18.5. The number of hydrogen-bond donors (Lipinski definition) is 1. The van der Waals surface area contributed by atoms with Crippen molar-refractivity contribution in [1.29, 1.82) is 0 Å². The number of nitrogens with one attached hydrogen (secondary N) is 1. The quantitative estimate of drug-likeness (QED) is 0.622. The number of nitrogens with zero attached hydrogens (tertiary/aromatic N) is 5. The first-order chi connectivity index (χ1) is 15.7. The highest BCUT2D eigenvalue weighted by Gasteiger charge is 2.28. The monoisotopic (exact) mass is 432 g/mol. The summed E-state index contributed by atoms with van der Waals surface area (Å²) in [6.45, 7) is 6.95. The number of fused-ring (bicyclic) bond motifs is 1. The number of carbonyl (C=O) groups is 1. The van der Waals surface area contributed by atoms with Crippen LogP contribution in [0, 0.1) is 12.8 Å². The predicted octanol–water partition coefficient (Wildman–Crippen LogP) is 3.04. The SMILES string of the molecule is Cc1nc2cnccc2n1N1CCN(CCC(NC(=O)C2CCC2)c2ccccc2)CC1. The molecule has 2 aliphatic rings. The minimum Gasteiger partial charge on any atom is -0.349 e. The number of benzene rings is 1. The Bertz CT molecular complexity index is 1050. The Morgan fingerprint density at radius 2 is 1.91 bits per heavy atom. The van der Waals surface area contributed by atoms with Crippen molar-refractivity contribution >= 4 is 16.9 Å². The van der Waals surface area contributed by atoms with E-state index in [2.05, 4.69) is 61.1 Å². The van der Waals surface area contributed by atoms with E-state index in [1.54, 1.807) is 0 Å². The van der Waals surface area contributed by atoms with Crippen LogP contribution < -0.4 is 10.3 Å². The van der Waals surface area contributed by atoms with Gasteiger partial charge in [0.25, 0.3) is 0 Å². The van der Waals surface area contributed by atoms with Crippen LogP contribution >= 0.6 is 0 Å². The van der Waals surface area contributed by atoms with E-state index in [1.165, 1.54) is 12.0 Å². The lowest BCUT2D eigenvalue weighted by Gasteiger charge is -2.37. The van der Waals surface area contributed by atoms with Gasteiger partial charge in [0.1, 0.15) is 11.3 Å². The van der Waals surface area contributed by atoms with Crippen LogP contribution in [0.5, 0.6) is 0 Å². The minimum absolute atomic E-state index is 0.0784. The molecule has 2 aromatic heterocycles. The van der Waals surface area contributed by atoms with E-state index < -0.39 is 0 Å². The molecule has 0 bridgehead atoms. The molecular weight excluding hydrogens is 400 g/mol. The standard InChI is InChI=1S/C25H32N6O/c1-19-27-23-18-26-12-10-24(23)31(19)30-16-14-29(15-17-30)13-11-22(20-6-3-2-4-7-20)28-25(32)21-8-5-9-21/h2-4,6-7,10,12,18,21-22H,5,8-9,11,13-17H2,1H3,(H,28,32). The third kappa shape index (κ3) is 4.35. The van der Waals surface area contributed by atoms with Gasteiger partial charge in [-0.15, -0.1) is 0 Å².